The first-order valence-corrected chi connectivity index (χ1v) is 13.5. The Balaban J connectivity index is 1.73. The van der Waals surface area contributed by atoms with Crippen molar-refractivity contribution in [3.8, 4) is 0 Å². The summed E-state index contributed by atoms with van der Waals surface area (Å²) in [7, 11) is -2.09. The van der Waals surface area contributed by atoms with E-state index in [2.05, 4.69) is 23.2 Å². The first kappa shape index (κ1) is 26.4. The molecule has 0 spiro atoms. The number of hydrogen-bond donors (Lipinski definition) is 3. The Bertz CT molecular complexity index is 962. The van der Waals surface area contributed by atoms with Crippen molar-refractivity contribution in [1.29, 1.82) is 0 Å². The molecule has 190 valence electrons. The summed E-state index contributed by atoms with van der Waals surface area (Å²) in [5.74, 6) is -2.70. The standard InChI is InChI=1S/C24H37N3O6S/c1-5-7-8-9-12-27(4)20(29)19-13-17(28)15-23(19,3)21(30)25-24(14-16(24)6-2)22(31)26-34(32,33)18-10-11-18/h5-6,16-19,28H,1-2,7-15H2,3-4H3,(H,25,30)(H,26,31)/t16-,17+,19+,23?,24-/m1/s1. The van der Waals surface area contributed by atoms with Gasteiger partial charge in [0.05, 0.1) is 22.7 Å². The van der Waals surface area contributed by atoms with E-state index >= 15 is 0 Å². The maximum absolute atomic E-state index is 13.5. The zero-order chi connectivity index (χ0) is 25.3. The lowest BCUT2D eigenvalue weighted by molar-refractivity contribution is -0.146. The lowest BCUT2D eigenvalue weighted by atomic mass is 9.77. The number of carbonyl (C=O) groups is 3. The van der Waals surface area contributed by atoms with Gasteiger partial charge < -0.3 is 15.3 Å². The minimum absolute atomic E-state index is 0.0797. The normalized spacial score (nSPS) is 32.5. The lowest BCUT2D eigenvalue weighted by Gasteiger charge is -2.33. The molecule has 0 heterocycles. The molecular weight excluding hydrogens is 458 g/mol. The quantitative estimate of drug-likeness (QED) is 0.276. The smallest absolute Gasteiger partial charge is 0.259 e. The van der Waals surface area contributed by atoms with E-state index in [1.165, 1.54) is 6.08 Å². The van der Waals surface area contributed by atoms with Crippen LogP contribution in [0, 0.1) is 17.3 Å². The first-order valence-electron chi connectivity index (χ1n) is 12.0. The van der Waals surface area contributed by atoms with Crippen LogP contribution in [0.25, 0.3) is 0 Å². The molecule has 0 saturated heterocycles. The van der Waals surface area contributed by atoms with Gasteiger partial charge in [-0.1, -0.05) is 12.2 Å². The molecule has 3 aliphatic rings. The zero-order valence-corrected chi connectivity index (χ0v) is 20.9. The van der Waals surface area contributed by atoms with Gasteiger partial charge in [0.15, 0.2) is 0 Å². The second-order valence-electron chi connectivity index (χ2n) is 10.3. The van der Waals surface area contributed by atoms with Crippen molar-refractivity contribution in [2.75, 3.05) is 13.6 Å². The highest BCUT2D eigenvalue weighted by molar-refractivity contribution is 7.91. The van der Waals surface area contributed by atoms with Crippen molar-refractivity contribution in [1.82, 2.24) is 14.9 Å². The van der Waals surface area contributed by atoms with Crippen LogP contribution in [0.2, 0.25) is 0 Å². The van der Waals surface area contributed by atoms with Gasteiger partial charge >= 0.3 is 0 Å². The van der Waals surface area contributed by atoms with Gasteiger partial charge in [0.1, 0.15) is 5.54 Å². The Morgan fingerprint density at radius 3 is 2.38 bits per heavy atom. The van der Waals surface area contributed by atoms with Crippen molar-refractivity contribution in [3.63, 3.8) is 0 Å². The number of nitrogens with zero attached hydrogens (tertiary/aromatic N) is 1. The Kier molecular flexibility index (Phi) is 7.62. The van der Waals surface area contributed by atoms with Gasteiger partial charge in [0.2, 0.25) is 21.8 Å². The molecule has 5 atom stereocenters. The highest BCUT2D eigenvalue weighted by Crippen LogP contribution is 2.49. The minimum Gasteiger partial charge on any atom is -0.393 e. The lowest BCUT2D eigenvalue weighted by Crippen LogP contribution is -2.57. The molecule has 0 aromatic rings. The fourth-order valence-electron chi connectivity index (χ4n) is 4.95. The van der Waals surface area contributed by atoms with Gasteiger partial charge in [-0.2, -0.15) is 0 Å². The maximum atomic E-state index is 13.5. The van der Waals surface area contributed by atoms with E-state index in [4.69, 9.17) is 0 Å². The van der Waals surface area contributed by atoms with Crippen molar-refractivity contribution in [2.24, 2.45) is 17.3 Å². The third-order valence-electron chi connectivity index (χ3n) is 7.52. The fraction of sp³-hybridized carbons (Fsp3) is 0.708. The van der Waals surface area contributed by atoms with Gasteiger partial charge in [0, 0.05) is 19.5 Å². The Labute approximate surface area is 202 Å². The molecule has 9 nitrogen and oxygen atoms in total. The minimum atomic E-state index is -3.78. The molecule has 10 heteroatoms. The zero-order valence-electron chi connectivity index (χ0n) is 20.1. The van der Waals surface area contributed by atoms with Crippen molar-refractivity contribution in [3.05, 3.63) is 25.3 Å². The van der Waals surface area contributed by atoms with Crippen LogP contribution in [-0.2, 0) is 24.4 Å². The number of aliphatic hydroxyl groups excluding tert-OH is 1. The number of unbranched alkanes of at least 4 members (excludes halogenated alkanes) is 2. The summed E-state index contributed by atoms with van der Waals surface area (Å²) < 4.78 is 26.7. The predicted octanol–water partition coefficient (Wildman–Crippen LogP) is 1.25. The highest BCUT2D eigenvalue weighted by Gasteiger charge is 2.63. The van der Waals surface area contributed by atoms with Gasteiger partial charge in [0.25, 0.3) is 5.91 Å². The summed E-state index contributed by atoms with van der Waals surface area (Å²) in [5, 5.41) is 12.6. The number of carbonyl (C=O) groups excluding carboxylic acids is 3. The average molecular weight is 496 g/mol. The van der Waals surface area contributed by atoms with Gasteiger partial charge in [-0.25, -0.2) is 8.42 Å². The summed E-state index contributed by atoms with van der Waals surface area (Å²) in [4.78, 5) is 41.3. The van der Waals surface area contributed by atoms with E-state index in [1.807, 2.05) is 6.08 Å². The average Bonchev–Trinajstić information content (AvgIpc) is 3.68. The summed E-state index contributed by atoms with van der Waals surface area (Å²) >= 11 is 0. The Morgan fingerprint density at radius 2 is 1.82 bits per heavy atom. The summed E-state index contributed by atoms with van der Waals surface area (Å²) in [6.45, 7) is 9.55. The second kappa shape index (κ2) is 9.81. The second-order valence-corrected chi connectivity index (χ2v) is 12.2. The molecular formula is C24H37N3O6S. The monoisotopic (exact) mass is 495 g/mol. The summed E-state index contributed by atoms with van der Waals surface area (Å²) in [6, 6.07) is 0. The van der Waals surface area contributed by atoms with Crippen LogP contribution >= 0.6 is 0 Å². The van der Waals surface area contributed by atoms with Crippen LogP contribution in [0.1, 0.15) is 58.3 Å². The van der Waals surface area contributed by atoms with Crippen LogP contribution in [0.3, 0.4) is 0 Å². The van der Waals surface area contributed by atoms with E-state index in [0.29, 0.717) is 19.4 Å². The molecule has 0 aromatic heterocycles. The number of nitrogens with one attached hydrogen (secondary N) is 2. The molecule has 1 unspecified atom stereocenters. The first-order chi connectivity index (χ1) is 15.9. The number of sulfonamides is 1. The van der Waals surface area contributed by atoms with E-state index < -0.39 is 56.0 Å². The molecule has 0 bridgehead atoms. The molecule has 3 rings (SSSR count). The molecule has 0 aliphatic heterocycles. The fourth-order valence-corrected chi connectivity index (χ4v) is 6.31. The molecule has 3 saturated carbocycles. The maximum Gasteiger partial charge on any atom is 0.259 e. The number of aliphatic hydroxyl groups is 1. The molecule has 3 amide bonds. The van der Waals surface area contributed by atoms with E-state index in [-0.39, 0.29) is 25.2 Å². The third kappa shape index (κ3) is 5.22. The molecule has 3 N–H and O–H groups in total. The SMILES string of the molecule is C=CCCCCN(C)C(=O)[C@@H]1C[C@H](O)CC1(C)C(=O)N[C@]1(C(=O)NS(=O)(=O)C2CC2)C[C@H]1C=C. The largest absolute Gasteiger partial charge is 0.393 e. The van der Waals surface area contributed by atoms with Crippen molar-refractivity contribution < 1.29 is 27.9 Å². The molecule has 34 heavy (non-hydrogen) atoms. The summed E-state index contributed by atoms with van der Waals surface area (Å²) in [5.41, 5.74) is -2.65. The summed E-state index contributed by atoms with van der Waals surface area (Å²) in [6.07, 6.45) is 6.56. The van der Waals surface area contributed by atoms with E-state index in [0.717, 1.165) is 19.3 Å². The van der Waals surface area contributed by atoms with E-state index in [1.54, 1.807) is 18.9 Å². The molecule has 3 aliphatic carbocycles. The van der Waals surface area contributed by atoms with Crippen molar-refractivity contribution in [2.45, 2.75) is 75.2 Å². The predicted molar refractivity (Wildman–Crippen MR) is 128 cm³/mol. The van der Waals surface area contributed by atoms with Crippen LogP contribution in [-0.4, -0.2) is 66.6 Å². The van der Waals surface area contributed by atoms with Crippen LogP contribution < -0.4 is 10.0 Å². The van der Waals surface area contributed by atoms with E-state index in [9.17, 15) is 27.9 Å². The van der Waals surface area contributed by atoms with Gasteiger partial charge in [-0.3, -0.25) is 19.1 Å². The molecule has 0 radical (unpaired) electrons. The number of allylic oxidation sites excluding steroid dienone is 1. The number of amides is 3. The van der Waals surface area contributed by atoms with Crippen LogP contribution in [0.4, 0.5) is 0 Å². The van der Waals surface area contributed by atoms with Crippen LogP contribution in [0.15, 0.2) is 25.3 Å². The molecule has 0 aromatic carbocycles. The topological polar surface area (TPSA) is 133 Å². The Morgan fingerprint density at radius 1 is 1.15 bits per heavy atom. The van der Waals surface area contributed by atoms with Gasteiger partial charge in [-0.05, 0) is 58.3 Å². The van der Waals surface area contributed by atoms with Crippen LogP contribution in [0.5, 0.6) is 0 Å². The highest BCUT2D eigenvalue weighted by atomic mass is 32.2. The molecule has 3 fully saturated rings. The number of hydrogen-bond acceptors (Lipinski definition) is 6. The van der Waals surface area contributed by atoms with Gasteiger partial charge in [-0.15, -0.1) is 13.2 Å². The van der Waals surface area contributed by atoms with Crippen molar-refractivity contribution >= 4 is 27.7 Å². The Hall–Kier alpha value is -2.20. The third-order valence-corrected chi connectivity index (χ3v) is 9.34. The number of rotatable bonds is 12.